The number of rotatable bonds is 14. The molecule has 1 rings (SSSR count). The van der Waals surface area contributed by atoms with Crippen LogP contribution in [0.4, 0.5) is 5.69 Å². The molecule has 0 aliphatic carbocycles. The van der Waals surface area contributed by atoms with Gasteiger partial charge in [0, 0.05) is 46.5 Å². The number of nitrogens with zero attached hydrogens (tertiary/aromatic N) is 2. The van der Waals surface area contributed by atoms with Crippen LogP contribution in [0.25, 0.3) is 0 Å². The highest BCUT2D eigenvalue weighted by molar-refractivity contribution is 5.79. The van der Waals surface area contributed by atoms with Gasteiger partial charge in [-0.25, -0.2) is 0 Å². The summed E-state index contributed by atoms with van der Waals surface area (Å²) in [6.07, 6.45) is 4.40. The lowest BCUT2D eigenvalue weighted by molar-refractivity contribution is 0.0487. The quantitative estimate of drug-likeness (QED) is 0.296. The minimum atomic E-state index is 0.643. The Kier molecular flexibility index (Phi) is 13.2. The summed E-state index contributed by atoms with van der Waals surface area (Å²) in [7, 11) is 5.91. The van der Waals surface area contributed by atoms with Crippen molar-refractivity contribution in [2.45, 2.75) is 32.6 Å². The predicted molar refractivity (Wildman–Crippen MR) is 115 cm³/mol. The van der Waals surface area contributed by atoms with E-state index in [1.807, 2.05) is 0 Å². The van der Waals surface area contributed by atoms with E-state index in [1.54, 1.807) is 7.05 Å². The van der Waals surface area contributed by atoms with Crippen LogP contribution in [0.5, 0.6) is 0 Å². The highest BCUT2D eigenvalue weighted by Gasteiger charge is 1.99. The molecule has 0 aromatic heterocycles. The molecule has 0 unspecified atom stereocenters. The molecule has 2 N–H and O–H groups in total. The molecule has 0 saturated carbocycles. The summed E-state index contributed by atoms with van der Waals surface area (Å²) in [6, 6.07) is 8.73. The fourth-order valence-electron chi connectivity index (χ4n) is 2.49. The third kappa shape index (κ3) is 11.5. The Hall–Kier alpha value is -1.79. The van der Waals surface area contributed by atoms with Gasteiger partial charge < -0.3 is 25.0 Å². The standard InChI is InChI=1S/C21H38N4O2/c1-5-6-15-26-17-18-27-16-14-24-21(22-2)23-13-7-8-19-9-11-20(12-10-19)25(3)4/h9-12H,5-8,13-18H2,1-4H3,(H2,22,23,24). The molecule has 0 aliphatic rings. The minimum absolute atomic E-state index is 0.643. The van der Waals surface area contributed by atoms with Crippen LogP contribution in [0.15, 0.2) is 29.3 Å². The van der Waals surface area contributed by atoms with Gasteiger partial charge in [0.25, 0.3) is 0 Å². The first-order valence-electron chi connectivity index (χ1n) is 10.0. The van der Waals surface area contributed by atoms with Crippen LogP contribution < -0.4 is 15.5 Å². The van der Waals surface area contributed by atoms with E-state index >= 15 is 0 Å². The zero-order valence-electron chi connectivity index (χ0n) is 17.6. The molecular weight excluding hydrogens is 340 g/mol. The van der Waals surface area contributed by atoms with Crippen molar-refractivity contribution in [3.05, 3.63) is 29.8 Å². The van der Waals surface area contributed by atoms with E-state index in [1.165, 1.54) is 17.7 Å². The molecule has 0 atom stereocenters. The average molecular weight is 379 g/mol. The summed E-state index contributed by atoms with van der Waals surface area (Å²) in [5, 5.41) is 6.61. The molecular formula is C21H38N4O2. The molecule has 1 aromatic carbocycles. The van der Waals surface area contributed by atoms with Gasteiger partial charge in [-0.3, -0.25) is 4.99 Å². The Morgan fingerprint density at radius 3 is 2.22 bits per heavy atom. The predicted octanol–water partition coefficient (Wildman–Crippen LogP) is 2.68. The lowest BCUT2D eigenvalue weighted by Gasteiger charge is -2.13. The molecule has 0 amide bonds. The maximum absolute atomic E-state index is 5.54. The average Bonchev–Trinajstić information content (AvgIpc) is 2.68. The highest BCUT2D eigenvalue weighted by Crippen LogP contribution is 2.13. The number of ether oxygens (including phenoxy) is 2. The van der Waals surface area contributed by atoms with Crippen molar-refractivity contribution in [3.8, 4) is 0 Å². The summed E-state index contributed by atoms with van der Waals surface area (Å²) in [5.74, 6) is 0.820. The Morgan fingerprint density at radius 1 is 0.926 bits per heavy atom. The van der Waals surface area contributed by atoms with Crippen LogP contribution >= 0.6 is 0 Å². The van der Waals surface area contributed by atoms with Crippen molar-refractivity contribution in [2.75, 3.05) is 65.6 Å². The van der Waals surface area contributed by atoms with Crippen molar-refractivity contribution in [2.24, 2.45) is 4.99 Å². The molecule has 0 radical (unpaired) electrons. The molecule has 27 heavy (non-hydrogen) atoms. The number of aliphatic imine (C=N–C) groups is 1. The van der Waals surface area contributed by atoms with E-state index in [9.17, 15) is 0 Å². The van der Waals surface area contributed by atoms with E-state index in [0.29, 0.717) is 19.8 Å². The summed E-state index contributed by atoms with van der Waals surface area (Å²) in [6.45, 7) is 6.58. The molecule has 0 fully saturated rings. The van der Waals surface area contributed by atoms with Gasteiger partial charge >= 0.3 is 0 Å². The Bertz CT molecular complexity index is 503. The second kappa shape index (κ2) is 15.3. The number of aryl methyl sites for hydroxylation is 1. The second-order valence-corrected chi connectivity index (χ2v) is 6.67. The number of hydrogen-bond donors (Lipinski definition) is 2. The van der Waals surface area contributed by atoms with E-state index in [4.69, 9.17) is 9.47 Å². The molecule has 0 spiro atoms. The van der Waals surface area contributed by atoms with Gasteiger partial charge in [-0.1, -0.05) is 25.5 Å². The summed E-state index contributed by atoms with van der Waals surface area (Å²) < 4.78 is 11.0. The zero-order chi connectivity index (χ0) is 19.7. The maximum Gasteiger partial charge on any atom is 0.191 e. The van der Waals surface area contributed by atoms with E-state index in [2.05, 4.69) is 65.8 Å². The largest absolute Gasteiger partial charge is 0.379 e. The molecule has 154 valence electrons. The third-order valence-electron chi connectivity index (χ3n) is 4.16. The number of anilines is 1. The number of unbranched alkanes of at least 4 members (excludes halogenated alkanes) is 1. The van der Waals surface area contributed by atoms with Crippen LogP contribution in [0, 0.1) is 0 Å². The first kappa shape index (κ1) is 23.2. The zero-order valence-corrected chi connectivity index (χ0v) is 17.6. The first-order chi connectivity index (χ1) is 13.2. The molecule has 1 aromatic rings. The van der Waals surface area contributed by atoms with Crippen LogP contribution in [0.1, 0.15) is 31.7 Å². The molecule has 6 nitrogen and oxygen atoms in total. The SMILES string of the molecule is CCCCOCCOCCNC(=NC)NCCCc1ccc(N(C)C)cc1. The normalized spacial score (nSPS) is 11.5. The van der Waals surface area contributed by atoms with Crippen molar-refractivity contribution >= 4 is 11.6 Å². The summed E-state index contributed by atoms with van der Waals surface area (Å²) >= 11 is 0. The fraction of sp³-hybridized carbons (Fsp3) is 0.667. The van der Waals surface area contributed by atoms with E-state index < -0.39 is 0 Å². The lowest BCUT2D eigenvalue weighted by atomic mass is 10.1. The van der Waals surface area contributed by atoms with Gasteiger partial charge in [-0.05, 0) is 37.0 Å². The Morgan fingerprint density at radius 2 is 1.59 bits per heavy atom. The molecule has 6 heteroatoms. The molecule has 0 aliphatic heterocycles. The first-order valence-corrected chi connectivity index (χ1v) is 10.0. The molecule has 0 saturated heterocycles. The summed E-state index contributed by atoms with van der Waals surface area (Å²) in [5.41, 5.74) is 2.59. The van der Waals surface area contributed by atoms with Crippen LogP contribution in [0.3, 0.4) is 0 Å². The van der Waals surface area contributed by atoms with Gasteiger partial charge in [0.05, 0.1) is 19.8 Å². The van der Waals surface area contributed by atoms with Gasteiger partial charge in [0.2, 0.25) is 0 Å². The minimum Gasteiger partial charge on any atom is -0.379 e. The van der Waals surface area contributed by atoms with Gasteiger partial charge in [-0.2, -0.15) is 0 Å². The van der Waals surface area contributed by atoms with Crippen molar-refractivity contribution in [1.82, 2.24) is 10.6 Å². The highest BCUT2D eigenvalue weighted by atomic mass is 16.5. The van der Waals surface area contributed by atoms with Gasteiger partial charge in [0.15, 0.2) is 5.96 Å². The lowest BCUT2D eigenvalue weighted by Crippen LogP contribution is -2.39. The fourth-order valence-corrected chi connectivity index (χ4v) is 2.49. The third-order valence-corrected chi connectivity index (χ3v) is 4.16. The summed E-state index contributed by atoms with van der Waals surface area (Å²) in [4.78, 5) is 6.36. The van der Waals surface area contributed by atoms with Gasteiger partial charge in [-0.15, -0.1) is 0 Å². The Labute approximate surface area is 165 Å². The van der Waals surface area contributed by atoms with E-state index in [0.717, 1.165) is 44.9 Å². The number of benzene rings is 1. The number of nitrogens with one attached hydrogen (secondary N) is 2. The Balaban J connectivity index is 2.04. The van der Waals surface area contributed by atoms with Crippen LogP contribution in [-0.2, 0) is 15.9 Å². The molecule has 0 heterocycles. The molecule has 0 bridgehead atoms. The van der Waals surface area contributed by atoms with Crippen molar-refractivity contribution in [3.63, 3.8) is 0 Å². The van der Waals surface area contributed by atoms with Crippen molar-refractivity contribution < 1.29 is 9.47 Å². The van der Waals surface area contributed by atoms with Crippen molar-refractivity contribution in [1.29, 1.82) is 0 Å². The second-order valence-electron chi connectivity index (χ2n) is 6.67. The van der Waals surface area contributed by atoms with Crippen LogP contribution in [0.2, 0.25) is 0 Å². The smallest absolute Gasteiger partial charge is 0.191 e. The van der Waals surface area contributed by atoms with E-state index in [-0.39, 0.29) is 0 Å². The number of guanidine groups is 1. The maximum atomic E-state index is 5.54. The van der Waals surface area contributed by atoms with Crippen LogP contribution in [-0.4, -0.2) is 66.6 Å². The van der Waals surface area contributed by atoms with Gasteiger partial charge in [0.1, 0.15) is 0 Å². The topological polar surface area (TPSA) is 58.1 Å². The monoisotopic (exact) mass is 378 g/mol. The number of hydrogen-bond acceptors (Lipinski definition) is 4.